The average Bonchev–Trinajstić information content (AvgIpc) is 2.69. The summed E-state index contributed by atoms with van der Waals surface area (Å²) in [6, 6.07) is 8.15. The Morgan fingerprint density at radius 1 is 1.41 bits per heavy atom. The van der Waals surface area contributed by atoms with Crippen LogP contribution in [0.1, 0.15) is 23.9 Å². The van der Waals surface area contributed by atoms with Crippen LogP contribution in [0, 0.1) is 11.7 Å². The highest BCUT2D eigenvalue weighted by Crippen LogP contribution is 2.02. The second-order valence-corrected chi connectivity index (χ2v) is 4.15. The molecule has 4 nitrogen and oxygen atoms in total. The van der Waals surface area contributed by atoms with Gasteiger partial charge in [0.15, 0.2) is 5.82 Å². The summed E-state index contributed by atoms with van der Waals surface area (Å²) in [6.45, 7) is 4.07. The molecule has 0 bridgehead atoms. The predicted octanol–water partition coefficient (Wildman–Crippen LogP) is 2.69. The van der Waals surface area contributed by atoms with Crippen LogP contribution in [0.4, 0.5) is 0 Å². The molecule has 0 amide bonds. The molecule has 0 saturated carbocycles. The normalized spacial score (nSPS) is 11.2. The molecule has 1 aromatic heterocycles. The first-order valence-corrected chi connectivity index (χ1v) is 5.89. The molecular weight excluding hydrogens is 232 g/mol. The third-order valence-corrected chi connectivity index (χ3v) is 2.70. The second-order valence-electron chi connectivity index (χ2n) is 3.77. The molecule has 1 aromatic carbocycles. The molecule has 0 saturated heterocycles. The molecule has 0 aliphatic heterocycles. The molecule has 2 aromatic rings. The van der Waals surface area contributed by atoms with Gasteiger partial charge in [-0.1, -0.05) is 36.8 Å². The average molecular weight is 246 g/mol. The number of nitrogens with one attached hydrogen (secondary N) is 1. The monoisotopic (exact) mass is 246 g/mol. The summed E-state index contributed by atoms with van der Waals surface area (Å²) in [5.74, 6) is 0.832. The van der Waals surface area contributed by atoms with Gasteiger partial charge in [-0.15, -0.1) is 0 Å². The summed E-state index contributed by atoms with van der Waals surface area (Å²) in [4.78, 5) is 0. The van der Waals surface area contributed by atoms with Gasteiger partial charge in [0.05, 0.1) is 6.21 Å². The third-order valence-electron chi connectivity index (χ3n) is 2.43. The van der Waals surface area contributed by atoms with Crippen molar-refractivity contribution in [3.63, 3.8) is 0 Å². The Labute approximate surface area is 105 Å². The van der Waals surface area contributed by atoms with E-state index >= 15 is 0 Å². The minimum Gasteiger partial charge on any atom is -0.250 e. The van der Waals surface area contributed by atoms with E-state index in [2.05, 4.69) is 34.4 Å². The Balaban J connectivity index is 2.28. The van der Waals surface area contributed by atoms with Gasteiger partial charge in [0, 0.05) is 6.42 Å². The number of aryl methyl sites for hydroxylation is 2. The number of rotatable bonds is 3. The van der Waals surface area contributed by atoms with Crippen molar-refractivity contribution in [3.05, 3.63) is 46.0 Å². The Morgan fingerprint density at radius 3 is 2.76 bits per heavy atom. The van der Waals surface area contributed by atoms with Crippen molar-refractivity contribution in [3.8, 4) is 0 Å². The van der Waals surface area contributed by atoms with Crippen molar-refractivity contribution < 1.29 is 0 Å². The fourth-order valence-electron chi connectivity index (χ4n) is 1.45. The lowest BCUT2D eigenvalue weighted by Gasteiger charge is -1.97. The van der Waals surface area contributed by atoms with E-state index < -0.39 is 0 Å². The topological polar surface area (TPSA) is 46.0 Å². The smallest absolute Gasteiger partial charge is 0.216 e. The summed E-state index contributed by atoms with van der Waals surface area (Å²) in [6.07, 6.45) is 2.57. The van der Waals surface area contributed by atoms with Gasteiger partial charge in [-0.25, -0.2) is 0 Å². The molecular formula is C12H14N4S. The van der Waals surface area contributed by atoms with Crippen molar-refractivity contribution in [2.45, 2.75) is 20.3 Å². The highest BCUT2D eigenvalue weighted by atomic mass is 32.1. The van der Waals surface area contributed by atoms with E-state index in [9.17, 15) is 0 Å². The molecule has 17 heavy (non-hydrogen) atoms. The van der Waals surface area contributed by atoms with Crippen LogP contribution in [0.3, 0.4) is 0 Å². The van der Waals surface area contributed by atoms with E-state index in [0.717, 1.165) is 17.8 Å². The molecule has 0 unspecified atom stereocenters. The second kappa shape index (κ2) is 5.05. The molecule has 0 fully saturated rings. The molecule has 0 atom stereocenters. The van der Waals surface area contributed by atoms with Gasteiger partial charge >= 0.3 is 0 Å². The van der Waals surface area contributed by atoms with Crippen LogP contribution in [0.5, 0.6) is 0 Å². The molecule has 5 heteroatoms. The van der Waals surface area contributed by atoms with Crippen molar-refractivity contribution in [2.24, 2.45) is 5.10 Å². The molecule has 0 radical (unpaired) electrons. The van der Waals surface area contributed by atoms with Gasteiger partial charge in [-0.3, -0.25) is 5.10 Å². The van der Waals surface area contributed by atoms with Gasteiger partial charge in [-0.2, -0.15) is 14.9 Å². The highest BCUT2D eigenvalue weighted by molar-refractivity contribution is 7.71. The maximum Gasteiger partial charge on any atom is 0.216 e. The third kappa shape index (κ3) is 2.68. The van der Waals surface area contributed by atoms with Crippen LogP contribution < -0.4 is 0 Å². The van der Waals surface area contributed by atoms with Crippen LogP contribution in [0.2, 0.25) is 0 Å². The quantitative estimate of drug-likeness (QED) is 0.668. The zero-order valence-electron chi connectivity index (χ0n) is 9.84. The van der Waals surface area contributed by atoms with E-state index in [1.54, 1.807) is 10.9 Å². The van der Waals surface area contributed by atoms with Gasteiger partial charge in [-0.05, 0) is 24.7 Å². The first kappa shape index (κ1) is 11.7. The van der Waals surface area contributed by atoms with Gasteiger partial charge in [0.25, 0.3) is 0 Å². The number of hydrogen-bond donors (Lipinski definition) is 1. The van der Waals surface area contributed by atoms with Crippen LogP contribution >= 0.6 is 12.2 Å². The van der Waals surface area contributed by atoms with Gasteiger partial charge < -0.3 is 0 Å². The lowest BCUT2D eigenvalue weighted by Crippen LogP contribution is -1.97. The lowest BCUT2D eigenvalue weighted by molar-refractivity contribution is 0.780. The summed E-state index contributed by atoms with van der Waals surface area (Å²) >= 11 is 5.11. The zero-order valence-corrected chi connectivity index (χ0v) is 10.7. The van der Waals surface area contributed by atoms with Crippen molar-refractivity contribution in [1.82, 2.24) is 14.9 Å². The number of nitrogens with zero attached hydrogens (tertiary/aromatic N) is 3. The predicted molar refractivity (Wildman–Crippen MR) is 71.0 cm³/mol. The zero-order chi connectivity index (χ0) is 12.3. The van der Waals surface area contributed by atoms with Crippen LogP contribution in [0.25, 0.3) is 0 Å². The van der Waals surface area contributed by atoms with Gasteiger partial charge in [0.2, 0.25) is 4.77 Å². The fourth-order valence-corrected chi connectivity index (χ4v) is 1.65. The minimum atomic E-state index is 0.519. The number of aromatic amines is 1. The number of aromatic nitrogens is 3. The number of H-pyrrole nitrogens is 1. The maximum absolute atomic E-state index is 5.11. The fraction of sp³-hybridized carbons (Fsp3) is 0.250. The van der Waals surface area contributed by atoms with Crippen LogP contribution in [0.15, 0.2) is 29.4 Å². The first-order valence-electron chi connectivity index (χ1n) is 5.48. The summed E-state index contributed by atoms with van der Waals surface area (Å²) in [5.41, 5.74) is 2.28. The van der Waals surface area contributed by atoms with Gasteiger partial charge in [0.1, 0.15) is 0 Å². The molecule has 2 rings (SSSR count). The molecule has 0 aliphatic carbocycles. The first-order chi connectivity index (χ1) is 8.20. The molecule has 88 valence electrons. The van der Waals surface area contributed by atoms with Crippen molar-refractivity contribution >= 4 is 18.4 Å². The highest BCUT2D eigenvalue weighted by Gasteiger charge is 2.00. The van der Waals surface area contributed by atoms with Crippen molar-refractivity contribution in [2.75, 3.05) is 0 Å². The van der Waals surface area contributed by atoms with Crippen molar-refractivity contribution in [1.29, 1.82) is 0 Å². The standard InChI is InChI=1S/C12H14N4S/c1-3-11-14-15-12(17)16(11)13-8-10-6-4-9(2)5-7-10/h4-8H,3H2,1-2H3,(H,15,17). The van der Waals surface area contributed by atoms with E-state index in [1.165, 1.54) is 5.56 Å². The molecule has 0 spiro atoms. The van der Waals surface area contributed by atoms with E-state index in [1.807, 2.05) is 19.1 Å². The minimum absolute atomic E-state index is 0.519. The van der Waals surface area contributed by atoms with E-state index in [0.29, 0.717) is 4.77 Å². The van der Waals surface area contributed by atoms with E-state index in [-0.39, 0.29) is 0 Å². The molecule has 1 heterocycles. The van der Waals surface area contributed by atoms with E-state index in [4.69, 9.17) is 12.2 Å². The number of hydrogen-bond acceptors (Lipinski definition) is 3. The summed E-state index contributed by atoms with van der Waals surface area (Å²) < 4.78 is 2.17. The Kier molecular flexibility index (Phi) is 3.49. The summed E-state index contributed by atoms with van der Waals surface area (Å²) in [7, 11) is 0. The SMILES string of the molecule is CCc1n[nH]c(=S)n1N=Cc1ccc(C)cc1. The summed E-state index contributed by atoms with van der Waals surface area (Å²) in [5, 5.41) is 11.2. The Morgan fingerprint density at radius 2 is 2.12 bits per heavy atom. The Hall–Kier alpha value is -1.75. The van der Waals surface area contributed by atoms with Crippen LogP contribution in [-0.4, -0.2) is 21.1 Å². The largest absolute Gasteiger partial charge is 0.250 e. The maximum atomic E-state index is 5.11. The number of benzene rings is 1. The lowest BCUT2D eigenvalue weighted by atomic mass is 10.2. The Bertz CT molecular complexity index is 577. The molecule has 0 aliphatic rings. The van der Waals surface area contributed by atoms with Crippen LogP contribution in [-0.2, 0) is 6.42 Å². The molecule has 1 N–H and O–H groups in total.